The van der Waals surface area contributed by atoms with Crippen molar-refractivity contribution in [1.82, 2.24) is 14.3 Å². The molecule has 1 N–H and O–H groups in total. The molecule has 8 heteroatoms. The van der Waals surface area contributed by atoms with Gasteiger partial charge >= 0.3 is 0 Å². The van der Waals surface area contributed by atoms with E-state index in [1.807, 2.05) is 6.92 Å². The molecule has 0 atom stereocenters. The van der Waals surface area contributed by atoms with Gasteiger partial charge in [0.05, 0.1) is 0 Å². The van der Waals surface area contributed by atoms with E-state index in [-0.39, 0.29) is 13.3 Å². The number of benzene rings is 1. The first-order valence-electron chi connectivity index (χ1n) is 6.91. The molecule has 22 heavy (non-hydrogen) atoms. The lowest BCUT2D eigenvalue weighted by Gasteiger charge is -2.19. The summed E-state index contributed by atoms with van der Waals surface area (Å²) in [6, 6.07) is 3.68. The molecule has 0 aliphatic heterocycles. The Morgan fingerprint density at radius 3 is 2.64 bits per heavy atom. The van der Waals surface area contributed by atoms with Gasteiger partial charge in [-0.3, -0.25) is 0 Å². The highest BCUT2D eigenvalue weighted by atomic mass is 32.1. The van der Waals surface area contributed by atoms with Crippen LogP contribution in [0.1, 0.15) is 19.2 Å². The Morgan fingerprint density at radius 1 is 1.32 bits per heavy atom. The lowest BCUT2D eigenvalue weighted by Crippen LogP contribution is -2.22. The summed E-state index contributed by atoms with van der Waals surface area (Å²) in [4.78, 5) is 1.70. The number of nitrogens with zero attached hydrogens (tertiary/aromatic N) is 4. The number of anilines is 1. The maximum atomic E-state index is 13.3. The number of aliphatic hydroxyl groups is 1. The van der Waals surface area contributed by atoms with Crippen LogP contribution in [-0.4, -0.2) is 26.5 Å². The van der Waals surface area contributed by atoms with Crippen LogP contribution in [0.2, 0.25) is 0 Å². The predicted molar refractivity (Wildman–Crippen MR) is 82.0 cm³/mol. The minimum Gasteiger partial charge on any atom is -0.388 e. The van der Waals surface area contributed by atoms with Gasteiger partial charge in [-0.15, -0.1) is 0 Å². The van der Waals surface area contributed by atoms with Crippen LogP contribution < -0.4 is 4.90 Å². The van der Waals surface area contributed by atoms with Crippen LogP contribution in [0.3, 0.4) is 0 Å². The molecule has 1 aromatic heterocycles. The van der Waals surface area contributed by atoms with Gasteiger partial charge in [-0.2, -0.15) is 5.10 Å². The second-order valence-corrected chi connectivity index (χ2v) is 5.31. The van der Waals surface area contributed by atoms with Crippen LogP contribution in [0.4, 0.5) is 14.5 Å². The van der Waals surface area contributed by atoms with Crippen molar-refractivity contribution in [1.29, 1.82) is 0 Å². The molecule has 0 radical (unpaired) electrons. The summed E-state index contributed by atoms with van der Waals surface area (Å²) in [6.07, 6.45) is 0.867. The Morgan fingerprint density at radius 2 is 2.05 bits per heavy atom. The van der Waals surface area contributed by atoms with E-state index in [4.69, 9.17) is 12.2 Å². The molecule has 0 fully saturated rings. The molecule has 0 unspecified atom stereocenters. The molecule has 120 valence electrons. The Kier molecular flexibility index (Phi) is 5.25. The van der Waals surface area contributed by atoms with Gasteiger partial charge in [0.15, 0.2) is 22.2 Å². The predicted octanol–water partition coefficient (Wildman–Crippen LogP) is 2.69. The fourth-order valence-electron chi connectivity index (χ4n) is 2.15. The van der Waals surface area contributed by atoms with Crippen molar-refractivity contribution in [2.24, 2.45) is 0 Å². The van der Waals surface area contributed by atoms with Crippen LogP contribution in [0.15, 0.2) is 18.2 Å². The number of hydrogen-bond donors (Lipinski definition) is 1. The van der Waals surface area contributed by atoms with Gasteiger partial charge in [0.2, 0.25) is 0 Å². The zero-order valence-electron chi connectivity index (χ0n) is 12.5. The van der Waals surface area contributed by atoms with Crippen molar-refractivity contribution in [2.75, 3.05) is 11.9 Å². The van der Waals surface area contributed by atoms with Crippen LogP contribution >= 0.6 is 12.2 Å². The van der Waals surface area contributed by atoms with Gasteiger partial charge in [-0.25, -0.2) is 13.5 Å². The maximum Gasteiger partial charge on any atom is 0.199 e. The van der Waals surface area contributed by atoms with Crippen molar-refractivity contribution in [3.8, 4) is 0 Å². The van der Waals surface area contributed by atoms with Crippen molar-refractivity contribution in [3.63, 3.8) is 0 Å². The summed E-state index contributed by atoms with van der Waals surface area (Å²) >= 11 is 5.35. The lowest BCUT2D eigenvalue weighted by atomic mass is 10.3. The zero-order chi connectivity index (χ0) is 16.3. The molecule has 0 aliphatic carbocycles. The maximum absolute atomic E-state index is 13.3. The molecule has 5 nitrogen and oxygen atoms in total. The average Bonchev–Trinajstić information content (AvgIpc) is 2.79. The summed E-state index contributed by atoms with van der Waals surface area (Å²) in [5.41, 5.74) is 0.511. The molecule has 0 saturated carbocycles. The number of aromatic nitrogens is 3. The molecule has 1 heterocycles. The second kappa shape index (κ2) is 6.97. The van der Waals surface area contributed by atoms with Crippen molar-refractivity contribution in [3.05, 3.63) is 40.4 Å². The molecular weight excluding hydrogens is 310 g/mol. The van der Waals surface area contributed by atoms with E-state index in [0.717, 1.165) is 18.6 Å². The minimum atomic E-state index is -0.902. The first-order chi connectivity index (χ1) is 10.5. The summed E-state index contributed by atoms with van der Waals surface area (Å²) in [6.45, 7) is 2.75. The first kappa shape index (κ1) is 16.6. The minimum absolute atomic E-state index is 0.203. The third-order valence-corrected chi connectivity index (χ3v) is 3.71. The van der Waals surface area contributed by atoms with Gasteiger partial charge in [0, 0.05) is 25.3 Å². The molecule has 0 amide bonds. The molecular formula is C14H18F2N4OS. The summed E-state index contributed by atoms with van der Waals surface area (Å²) < 4.78 is 30.1. The molecule has 2 rings (SSSR count). The van der Waals surface area contributed by atoms with Crippen LogP contribution in [0.5, 0.6) is 0 Å². The van der Waals surface area contributed by atoms with Crippen molar-refractivity contribution in [2.45, 2.75) is 33.2 Å². The van der Waals surface area contributed by atoms with Gasteiger partial charge in [0.1, 0.15) is 13.3 Å². The van der Waals surface area contributed by atoms with Crippen molar-refractivity contribution < 1.29 is 13.9 Å². The van der Waals surface area contributed by atoms with Gasteiger partial charge < -0.3 is 14.6 Å². The number of aliphatic hydroxyl groups excluding tert-OH is 1. The van der Waals surface area contributed by atoms with E-state index in [0.29, 0.717) is 22.8 Å². The Bertz CT molecular complexity index is 713. The number of rotatable bonds is 6. The highest BCUT2D eigenvalue weighted by molar-refractivity contribution is 7.71. The van der Waals surface area contributed by atoms with Gasteiger partial charge in [0.25, 0.3) is 0 Å². The van der Waals surface area contributed by atoms with E-state index in [9.17, 15) is 13.9 Å². The van der Waals surface area contributed by atoms with Crippen molar-refractivity contribution >= 4 is 17.9 Å². The smallest absolute Gasteiger partial charge is 0.199 e. The van der Waals surface area contributed by atoms with Crippen LogP contribution in [0.25, 0.3) is 0 Å². The highest BCUT2D eigenvalue weighted by Gasteiger charge is 2.12. The number of halogens is 2. The number of hydrogen-bond acceptors (Lipinski definition) is 4. The zero-order valence-corrected chi connectivity index (χ0v) is 13.3. The summed E-state index contributed by atoms with van der Waals surface area (Å²) in [5, 5.41) is 13.6. The topological polar surface area (TPSA) is 46.2 Å². The summed E-state index contributed by atoms with van der Waals surface area (Å²) in [7, 11) is 1.73. The van der Waals surface area contributed by atoms with Gasteiger partial charge in [-0.1, -0.05) is 6.92 Å². The van der Waals surface area contributed by atoms with E-state index in [1.54, 1.807) is 21.2 Å². The largest absolute Gasteiger partial charge is 0.388 e. The van der Waals surface area contributed by atoms with E-state index in [1.165, 1.54) is 6.07 Å². The van der Waals surface area contributed by atoms with E-state index >= 15 is 0 Å². The SMILES string of the molecule is CCCn1c(CO)nn(CN(C)c2ccc(F)c(F)c2)c1=S. The lowest BCUT2D eigenvalue weighted by molar-refractivity contribution is 0.263. The fourth-order valence-corrected chi connectivity index (χ4v) is 2.44. The third-order valence-electron chi connectivity index (χ3n) is 3.28. The highest BCUT2D eigenvalue weighted by Crippen LogP contribution is 2.17. The summed E-state index contributed by atoms with van der Waals surface area (Å²) in [5.74, 6) is -1.30. The Balaban J connectivity index is 2.26. The first-order valence-corrected chi connectivity index (χ1v) is 7.32. The molecule has 0 bridgehead atoms. The monoisotopic (exact) mass is 328 g/mol. The van der Waals surface area contributed by atoms with Crippen LogP contribution in [0, 0.1) is 16.4 Å². The average molecular weight is 328 g/mol. The van der Waals surface area contributed by atoms with Gasteiger partial charge in [-0.05, 0) is 30.8 Å². The van der Waals surface area contributed by atoms with E-state index < -0.39 is 11.6 Å². The molecule has 2 aromatic rings. The standard InChI is InChI=1S/C14H18F2N4OS/c1-3-6-19-13(8-21)17-20(14(19)22)9-18(2)10-4-5-11(15)12(16)7-10/h4-5,7,21H,3,6,8-9H2,1-2H3. The normalized spacial score (nSPS) is 11.0. The van der Waals surface area contributed by atoms with Crippen LogP contribution in [-0.2, 0) is 19.8 Å². The Labute approximate surface area is 132 Å². The second-order valence-electron chi connectivity index (χ2n) is 4.95. The molecule has 0 aliphatic rings. The molecule has 0 saturated heterocycles. The fraction of sp³-hybridized carbons (Fsp3) is 0.429. The molecule has 0 spiro atoms. The molecule has 1 aromatic carbocycles. The quantitative estimate of drug-likeness (QED) is 0.828. The third kappa shape index (κ3) is 3.33. The van der Waals surface area contributed by atoms with E-state index in [2.05, 4.69) is 5.10 Å². The Hall–Kier alpha value is -1.80.